The van der Waals surface area contributed by atoms with Gasteiger partial charge in [-0.15, -0.1) is 15.8 Å². The van der Waals surface area contributed by atoms with E-state index in [-0.39, 0.29) is 0 Å². The summed E-state index contributed by atoms with van der Waals surface area (Å²) in [5.41, 5.74) is 1.39. The average Bonchev–Trinajstić information content (AvgIpc) is 2.04. The van der Waals surface area contributed by atoms with E-state index in [1.165, 1.54) is 10.9 Å². The highest BCUT2D eigenvalue weighted by Crippen LogP contribution is 2.02. The van der Waals surface area contributed by atoms with Crippen LogP contribution >= 0.6 is 9.24 Å². The zero-order valence-electron chi connectivity index (χ0n) is 6.59. The molecule has 0 nitrogen and oxygen atoms in total. The molecule has 58 valence electrons. The van der Waals surface area contributed by atoms with Gasteiger partial charge >= 0.3 is 0 Å². The van der Waals surface area contributed by atoms with Crippen LogP contribution in [0.25, 0.3) is 0 Å². The molecular weight excluding hydrogens is 151 g/mol. The van der Waals surface area contributed by atoms with Gasteiger partial charge in [0.1, 0.15) is 0 Å². The van der Waals surface area contributed by atoms with Gasteiger partial charge in [0.2, 0.25) is 0 Å². The zero-order valence-corrected chi connectivity index (χ0v) is 7.74. The van der Waals surface area contributed by atoms with Gasteiger partial charge in [-0.1, -0.05) is 30.3 Å². The van der Waals surface area contributed by atoms with Crippen molar-refractivity contribution in [2.24, 2.45) is 0 Å². The van der Waals surface area contributed by atoms with E-state index in [2.05, 4.69) is 40.1 Å². The summed E-state index contributed by atoms with van der Waals surface area (Å²) in [6.45, 7) is 3.69. The second-order valence-electron chi connectivity index (χ2n) is 2.57. The monoisotopic (exact) mass is 164 g/mol. The van der Waals surface area contributed by atoms with E-state index in [0.717, 1.165) is 12.8 Å². The highest BCUT2D eigenvalue weighted by atomic mass is 31.0. The van der Waals surface area contributed by atoms with E-state index in [0.29, 0.717) is 0 Å². The first-order valence-electron chi connectivity index (χ1n) is 3.78. The van der Waals surface area contributed by atoms with Crippen molar-refractivity contribution >= 4 is 14.5 Å². The van der Waals surface area contributed by atoms with Crippen LogP contribution in [0.2, 0.25) is 0 Å². The number of benzene rings is 1. The zero-order chi connectivity index (χ0) is 8.10. The molecule has 1 aromatic carbocycles. The molecule has 0 heterocycles. The van der Waals surface area contributed by atoms with E-state index in [1.807, 2.05) is 6.08 Å². The van der Waals surface area contributed by atoms with Crippen LogP contribution in [0, 0.1) is 0 Å². The fraction of sp³-hybridized carbons (Fsp3) is 0.200. The van der Waals surface area contributed by atoms with Gasteiger partial charge in [0.15, 0.2) is 0 Å². The molecule has 0 aromatic heterocycles. The Bertz CT molecular complexity index is 223. The molecule has 0 aliphatic rings. The Hall–Kier alpha value is -0.610. The van der Waals surface area contributed by atoms with E-state index in [9.17, 15) is 0 Å². The van der Waals surface area contributed by atoms with Gasteiger partial charge in [-0.3, -0.25) is 0 Å². The largest absolute Gasteiger partial charge is 0.106 e. The molecule has 0 amide bonds. The molecule has 0 saturated heterocycles. The lowest BCUT2D eigenvalue weighted by Gasteiger charge is -1.97. The molecule has 0 radical (unpaired) electrons. The van der Waals surface area contributed by atoms with Crippen LogP contribution in [-0.2, 0) is 6.42 Å². The van der Waals surface area contributed by atoms with E-state index in [4.69, 9.17) is 0 Å². The Kier molecular flexibility index (Phi) is 3.32. The number of rotatable bonds is 3. The topological polar surface area (TPSA) is 0 Å². The Morgan fingerprint density at radius 3 is 2.45 bits per heavy atom. The standard InChI is InChI=1S/C10H13P/c1-2-3-4-9-5-7-10(11)8-6-9/h2,5-8H,1,3-4,11H2. The summed E-state index contributed by atoms with van der Waals surface area (Å²) in [5.74, 6) is 0. The van der Waals surface area contributed by atoms with Gasteiger partial charge in [-0.25, -0.2) is 0 Å². The molecule has 11 heavy (non-hydrogen) atoms. The third-order valence-corrected chi connectivity index (χ3v) is 2.00. The van der Waals surface area contributed by atoms with Gasteiger partial charge < -0.3 is 0 Å². The fourth-order valence-corrected chi connectivity index (χ4v) is 1.15. The van der Waals surface area contributed by atoms with Crippen molar-refractivity contribution in [3.63, 3.8) is 0 Å². The van der Waals surface area contributed by atoms with Gasteiger partial charge in [0, 0.05) is 0 Å². The summed E-state index contributed by atoms with van der Waals surface area (Å²) in [6, 6.07) is 8.55. The first kappa shape index (κ1) is 8.49. The summed E-state index contributed by atoms with van der Waals surface area (Å²) in [5, 5.41) is 1.24. The van der Waals surface area contributed by atoms with Gasteiger partial charge in [0.25, 0.3) is 0 Å². The molecule has 0 bridgehead atoms. The van der Waals surface area contributed by atoms with Crippen LogP contribution in [0.3, 0.4) is 0 Å². The van der Waals surface area contributed by atoms with Crippen LogP contribution < -0.4 is 5.30 Å². The van der Waals surface area contributed by atoms with Crippen LogP contribution in [0.1, 0.15) is 12.0 Å². The van der Waals surface area contributed by atoms with Gasteiger partial charge in [-0.05, 0) is 23.7 Å². The SMILES string of the molecule is C=CCCc1ccc(P)cc1. The number of allylic oxidation sites excluding steroid dienone is 1. The number of hydrogen-bond acceptors (Lipinski definition) is 0. The molecule has 0 saturated carbocycles. The molecule has 1 rings (SSSR count). The minimum atomic E-state index is 1.07. The van der Waals surface area contributed by atoms with Crippen LogP contribution in [0.4, 0.5) is 0 Å². The molecule has 1 atom stereocenters. The maximum absolute atomic E-state index is 3.69. The molecular formula is C10H13P. The maximum Gasteiger partial charge on any atom is -0.0244 e. The smallest absolute Gasteiger partial charge is 0.0244 e. The Morgan fingerprint density at radius 2 is 1.91 bits per heavy atom. The minimum Gasteiger partial charge on any atom is -0.106 e. The molecule has 1 aromatic rings. The number of aryl methyl sites for hydroxylation is 1. The molecule has 0 spiro atoms. The highest BCUT2D eigenvalue weighted by molar-refractivity contribution is 7.27. The first-order valence-corrected chi connectivity index (χ1v) is 4.36. The highest BCUT2D eigenvalue weighted by Gasteiger charge is 1.89. The van der Waals surface area contributed by atoms with Crippen molar-refractivity contribution in [1.82, 2.24) is 0 Å². The lowest BCUT2D eigenvalue weighted by atomic mass is 10.1. The summed E-state index contributed by atoms with van der Waals surface area (Å²) in [4.78, 5) is 0. The summed E-state index contributed by atoms with van der Waals surface area (Å²) in [6.07, 6.45) is 4.12. The quantitative estimate of drug-likeness (QED) is 0.475. The minimum absolute atomic E-state index is 1.07. The van der Waals surface area contributed by atoms with Crippen LogP contribution in [-0.4, -0.2) is 0 Å². The summed E-state index contributed by atoms with van der Waals surface area (Å²) < 4.78 is 0. The molecule has 0 fully saturated rings. The predicted molar refractivity (Wildman–Crippen MR) is 54.3 cm³/mol. The molecule has 1 unspecified atom stereocenters. The first-order chi connectivity index (χ1) is 5.33. The van der Waals surface area contributed by atoms with E-state index in [1.54, 1.807) is 0 Å². The Morgan fingerprint density at radius 1 is 1.27 bits per heavy atom. The van der Waals surface area contributed by atoms with Crippen molar-refractivity contribution < 1.29 is 0 Å². The van der Waals surface area contributed by atoms with Crippen molar-refractivity contribution in [3.8, 4) is 0 Å². The molecule has 0 aliphatic carbocycles. The Balaban J connectivity index is 2.58. The van der Waals surface area contributed by atoms with Gasteiger partial charge in [0.05, 0.1) is 0 Å². The summed E-state index contributed by atoms with van der Waals surface area (Å²) >= 11 is 0. The predicted octanol–water partition coefficient (Wildman–Crippen LogP) is 2.31. The fourth-order valence-electron chi connectivity index (χ4n) is 0.953. The summed E-state index contributed by atoms with van der Waals surface area (Å²) in [7, 11) is 2.68. The molecule has 1 heteroatoms. The van der Waals surface area contributed by atoms with E-state index >= 15 is 0 Å². The lowest BCUT2D eigenvalue weighted by Crippen LogP contribution is -1.90. The Labute approximate surface area is 70.5 Å². The van der Waals surface area contributed by atoms with Crippen molar-refractivity contribution in [2.75, 3.05) is 0 Å². The number of hydrogen-bond donors (Lipinski definition) is 0. The second-order valence-corrected chi connectivity index (χ2v) is 3.24. The van der Waals surface area contributed by atoms with Crippen molar-refractivity contribution in [2.45, 2.75) is 12.8 Å². The normalized spacial score (nSPS) is 9.55. The third-order valence-electron chi connectivity index (χ3n) is 1.62. The van der Waals surface area contributed by atoms with E-state index < -0.39 is 0 Å². The van der Waals surface area contributed by atoms with Crippen LogP contribution in [0.5, 0.6) is 0 Å². The average molecular weight is 164 g/mol. The second kappa shape index (κ2) is 4.31. The third kappa shape index (κ3) is 2.86. The maximum atomic E-state index is 3.69. The molecule has 0 N–H and O–H groups in total. The lowest BCUT2D eigenvalue weighted by molar-refractivity contribution is 1.01. The molecule has 0 aliphatic heterocycles. The van der Waals surface area contributed by atoms with Crippen molar-refractivity contribution in [3.05, 3.63) is 42.5 Å². The van der Waals surface area contributed by atoms with Crippen LogP contribution in [0.15, 0.2) is 36.9 Å². The van der Waals surface area contributed by atoms with Crippen molar-refractivity contribution in [1.29, 1.82) is 0 Å². The van der Waals surface area contributed by atoms with Gasteiger partial charge in [-0.2, -0.15) is 0 Å².